The van der Waals surface area contributed by atoms with Crippen LogP contribution in [-0.2, 0) is 0 Å². The fourth-order valence-electron chi connectivity index (χ4n) is 1.12. The summed E-state index contributed by atoms with van der Waals surface area (Å²) >= 11 is 1.67. The van der Waals surface area contributed by atoms with Gasteiger partial charge in [0.15, 0.2) is 0 Å². The summed E-state index contributed by atoms with van der Waals surface area (Å²) in [7, 11) is 0. The van der Waals surface area contributed by atoms with Crippen molar-refractivity contribution in [2.75, 3.05) is 0 Å². The van der Waals surface area contributed by atoms with Crippen LogP contribution in [-0.4, -0.2) is 11.0 Å². The normalized spacial score (nSPS) is 14.8. The van der Waals surface area contributed by atoms with E-state index in [1.54, 1.807) is 11.3 Å². The molecule has 70 valence electrons. The van der Waals surface area contributed by atoms with Gasteiger partial charge in [-0.3, -0.25) is 5.32 Å². The highest BCUT2D eigenvalue weighted by molar-refractivity contribution is 7.09. The van der Waals surface area contributed by atoms with Crippen molar-refractivity contribution >= 4 is 11.3 Å². The van der Waals surface area contributed by atoms with Gasteiger partial charge in [-0.15, -0.1) is 17.8 Å². The van der Waals surface area contributed by atoms with Crippen LogP contribution in [0.25, 0.3) is 0 Å². The second kappa shape index (κ2) is 5.00. The largest absolute Gasteiger partial charge is 0.295 e. The Hall–Kier alpha value is -0.850. The Morgan fingerprint density at radius 2 is 2.54 bits per heavy atom. The maximum absolute atomic E-state index is 5.30. The van der Waals surface area contributed by atoms with E-state index in [0.717, 1.165) is 11.4 Å². The van der Waals surface area contributed by atoms with Gasteiger partial charge in [-0.2, -0.15) is 0 Å². The molecule has 0 aliphatic carbocycles. The summed E-state index contributed by atoms with van der Waals surface area (Å²) in [5.41, 5.74) is 0. The van der Waals surface area contributed by atoms with E-state index in [-0.39, 0.29) is 6.04 Å². The van der Waals surface area contributed by atoms with Crippen LogP contribution >= 0.6 is 11.3 Å². The van der Waals surface area contributed by atoms with E-state index >= 15 is 0 Å². The predicted molar refractivity (Wildman–Crippen MR) is 56.6 cm³/mol. The molecule has 0 bridgehead atoms. The number of nitrogens with one attached hydrogen (secondary N) is 1. The van der Waals surface area contributed by atoms with Gasteiger partial charge < -0.3 is 0 Å². The molecule has 2 nitrogen and oxygen atoms in total. The fraction of sp³-hybridized carbons (Fsp3) is 0.500. The molecule has 0 aromatic carbocycles. The first-order valence-corrected chi connectivity index (χ1v) is 5.27. The van der Waals surface area contributed by atoms with Crippen LogP contribution in [0.2, 0.25) is 0 Å². The zero-order valence-corrected chi connectivity index (χ0v) is 8.77. The Bertz CT molecular complexity index is 274. The summed E-state index contributed by atoms with van der Waals surface area (Å²) in [4.78, 5) is 4.26. The third-order valence-corrected chi connectivity index (χ3v) is 2.75. The molecule has 1 rings (SSSR count). The molecule has 1 aromatic rings. The summed E-state index contributed by atoms with van der Waals surface area (Å²) < 4.78 is 0. The van der Waals surface area contributed by atoms with Crippen molar-refractivity contribution < 1.29 is 0 Å². The van der Waals surface area contributed by atoms with Gasteiger partial charge in [-0.1, -0.05) is 12.8 Å². The van der Waals surface area contributed by atoms with Crippen LogP contribution in [0.15, 0.2) is 11.6 Å². The van der Waals surface area contributed by atoms with Crippen LogP contribution in [0.1, 0.15) is 31.3 Å². The summed E-state index contributed by atoms with van der Waals surface area (Å²) in [5.74, 6) is 2.66. The maximum Gasteiger partial charge on any atom is 0.109 e. The van der Waals surface area contributed by atoms with Crippen molar-refractivity contribution in [3.63, 3.8) is 0 Å². The first-order valence-electron chi connectivity index (χ1n) is 4.39. The van der Waals surface area contributed by atoms with E-state index in [2.05, 4.69) is 23.1 Å². The van der Waals surface area contributed by atoms with Gasteiger partial charge in [0.2, 0.25) is 0 Å². The lowest BCUT2D eigenvalue weighted by atomic mass is 10.2. The molecular weight excluding hydrogens is 180 g/mol. The van der Waals surface area contributed by atoms with Gasteiger partial charge in [0, 0.05) is 11.6 Å². The highest BCUT2D eigenvalue weighted by Crippen LogP contribution is 2.18. The summed E-state index contributed by atoms with van der Waals surface area (Å²) in [6.07, 6.45) is 8.14. The monoisotopic (exact) mass is 194 g/mol. The first-order chi connectivity index (χ1) is 6.27. The molecule has 1 heterocycles. The lowest BCUT2D eigenvalue weighted by Crippen LogP contribution is -2.28. The Labute approximate surface area is 83.4 Å². The third-order valence-electron chi connectivity index (χ3n) is 1.86. The first kappa shape index (κ1) is 10.2. The molecule has 0 aliphatic rings. The molecule has 2 unspecified atom stereocenters. The zero-order valence-electron chi connectivity index (χ0n) is 7.95. The number of nitrogens with zero attached hydrogens (tertiary/aromatic N) is 1. The zero-order chi connectivity index (χ0) is 9.68. The van der Waals surface area contributed by atoms with Gasteiger partial charge in [0.1, 0.15) is 5.01 Å². The van der Waals surface area contributed by atoms with Crippen LogP contribution in [0.3, 0.4) is 0 Å². The maximum atomic E-state index is 5.30. The molecule has 1 N–H and O–H groups in total. The SMILES string of the molecule is C#CC(C)NC(CC)c1nccs1. The topological polar surface area (TPSA) is 24.9 Å². The van der Waals surface area contributed by atoms with Crippen LogP contribution in [0, 0.1) is 12.3 Å². The number of terminal acetylenes is 1. The molecule has 0 radical (unpaired) electrons. The fourth-order valence-corrected chi connectivity index (χ4v) is 1.90. The molecule has 0 spiro atoms. The van der Waals surface area contributed by atoms with Gasteiger partial charge >= 0.3 is 0 Å². The minimum atomic E-state index is 0.105. The number of hydrogen-bond acceptors (Lipinski definition) is 3. The Kier molecular flexibility index (Phi) is 3.94. The van der Waals surface area contributed by atoms with Crippen molar-refractivity contribution in [1.29, 1.82) is 0 Å². The number of thiazole rings is 1. The molecule has 1 aromatic heterocycles. The second-order valence-corrected chi connectivity index (χ2v) is 3.81. The highest BCUT2D eigenvalue weighted by Gasteiger charge is 2.12. The molecule has 0 aliphatic heterocycles. The molecule has 0 amide bonds. The molecule has 3 heteroatoms. The number of rotatable bonds is 4. The van der Waals surface area contributed by atoms with Gasteiger partial charge in [-0.25, -0.2) is 4.98 Å². The van der Waals surface area contributed by atoms with Gasteiger partial charge in [-0.05, 0) is 13.3 Å². The van der Waals surface area contributed by atoms with E-state index in [4.69, 9.17) is 6.42 Å². The molecule has 2 atom stereocenters. The Balaban J connectivity index is 2.60. The Morgan fingerprint density at radius 3 is 3.00 bits per heavy atom. The minimum absolute atomic E-state index is 0.105. The second-order valence-electron chi connectivity index (χ2n) is 2.89. The van der Waals surface area contributed by atoms with Crippen molar-refractivity contribution in [3.05, 3.63) is 16.6 Å². The standard InChI is InChI=1S/C10H14N2S/c1-4-8(3)12-9(5-2)10-11-6-7-13-10/h1,6-9,12H,5H2,2-3H3. The van der Waals surface area contributed by atoms with Crippen molar-refractivity contribution in [3.8, 4) is 12.3 Å². The lowest BCUT2D eigenvalue weighted by Gasteiger charge is -2.16. The molecule has 0 fully saturated rings. The van der Waals surface area contributed by atoms with Gasteiger partial charge in [0.05, 0.1) is 12.1 Å². The molecule has 0 saturated carbocycles. The van der Waals surface area contributed by atoms with Crippen LogP contribution < -0.4 is 5.32 Å². The van der Waals surface area contributed by atoms with Crippen molar-refractivity contribution in [2.24, 2.45) is 0 Å². The smallest absolute Gasteiger partial charge is 0.109 e. The molecule has 13 heavy (non-hydrogen) atoms. The van der Waals surface area contributed by atoms with Crippen molar-refractivity contribution in [1.82, 2.24) is 10.3 Å². The average Bonchev–Trinajstić information content (AvgIpc) is 2.66. The molecule has 0 saturated heterocycles. The Morgan fingerprint density at radius 1 is 1.77 bits per heavy atom. The molecular formula is C10H14N2S. The summed E-state index contributed by atoms with van der Waals surface area (Å²) in [6, 6.07) is 0.403. The quantitative estimate of drug-likeness (QED) is 0.743. The van der Waals surface area contributed by atoms with E-state index < -0.39 is 0 Å². The van der Waals surface area contributed by atoms with E-state index in [9.17, 15) is 0 Å². The minimum Gasteiger partial charge on any atom is -0.295 e. The highest BCUT2D eigenvalue weighted by atomic mass is 32.1. The third kappa shape index (κ3) is 2.83. The lowest BCUT2D eigenvalue weighted by molar-refractivity contribution is 0.495. The summed E-state index contributed by atoms with van der Waals surface area (Å²) in [6.45, 7) is 4.11. The van der Waals surface area contributed by atoms with Crippen LogP contribution in [0.5, 0.6) is 0 Å². The van der Waals surface area contributed by atoms with Crippen LogP contribution in [0.4, 0.5) is 0 Å². The van der Waals surface area contributed by atoms with Crippen molar-refractivity contribution in [2.45, 2.75) is 32.4 Å². The predicted octanol–water partition coefficient (Wildman–Crippen LogP) is 2.21. The van der Waals surface area contributed by atoms with Gasteiger partial charge in [0.25, 0.3) is 0 Å². The van der Waals surface area contributed by atoms with E-state index in [0.29, 0.717) is 6.04 Å². The van der Waals surface area contributed by atoms with E-state index in [1.165, 1.54) is 0 Å². The van der Waals surface area contributed by atoms with E-state index in [1.807, 2.05) is 18.5 Å². The average molecular weight is 194 g/mol. The number of aromatic nitrogens is 1. The summed E-state index contributed by atoms with van der Waals surface area (Å²) in [5, 5.41) is 6.43. The number of hydrogen-bond donors (Lipinski definition) is 1.